The predicted molar refractivity (Wildman–Crippen MR) is 374 cm³/mol. The standard InChI is InChI=1S/C66H121N4O35P3/c1-44-57(78)59(80)50(38-71)100-63(44)94-32-8-5-14-53(75)68-23-17-47(18-24-68)103-106(84,85)97-35-11-29-91-41-66(90-4,42-92-30-12-36-98-107(86,87)104-48-19-25-69(26-20-48)54(76)15-6-9-33-95-64-45(2)58(79)60(81)51(39-72)101-64)43-93-31-13-37-99-108(88,89)105-49-21-27-70(28-22-49)55(77)16-7-10-34-96-65-56(67-46(3)74)62(83)61(82)52(40-73)102-65/h44-45,47-52,56-65,71-73,78-83H,5-43H2,1-4H3,(H,67,74)(H,84,85)(H,86,87)(H,88,89)/t44?,45?,50?,51?,52?,56?,57-,58-,59+,60+,61+,62-,63-,64-,65-,66?/m1/s1. The SMILES string of the molecule is COC(COCCCOP(=O)(O)OC1CCN(C(=O)CCCCO[C@@H]2OC(CO)[C@H](O)[C@H](O)C2C)CC1)(COCCCOP(=O)(O)OC1CCN(C(=O)CCCCO[C@@H]2OC(CO)[C@H](O)[C@H](O)C2C)CC1)COCCCOP(=O)(O)OC1CCN(C(=O)CCCCO[C@@H]2OC(CO)[C@H](O)[C@H](O)C2NC(C)=O)CC1. The Balaban J connectivity index is 0.871. The van der Waals surface area contributed by atoms with Crippen LogP contribution in [0.25, 0.3) is 0 Å². The quantitative estimate of drug-likeness (QED) is 0.0273. The predicted octanol–water partition coefficient (Wildman–Crippen LogP) is -0.380. The summed E-state index contributed by atoms with van der Waals surface area (Å²) < 4.78 is 129. The van der Waals surface area contributed by atoms with Crippen molar-refractivity contribution in [3.05, 3.63) is 0 Å². The lowest BCUT2D eigenvalue weighted by molar-refractivity contribution is -0.282. The molecular weight excluding hydrogens is 1500 g/mol. The van der Waals surface area contributed by atoms with Crippen LogP contribution < -0.4 is 5.32 Å². The normalized spacial score (nSPS) is 30.1. The molecule has 42 heteroatoms. The van der Waals surface area contributed by atoms with Crippen molar-refractivity contribution >= 4 is 47.1 Å². The molecule has 0 aromatic rings. The molecule has 0 aliphatic carbocycles. The number of likely N-dealkylation sites (tertiary alicyclic amines) is 3. The fourth-order valence-corrected chi connectivity index (χ4v) is 16.1. The van der Waals surface area contributed by atoms with E-state index in [9.17, 15) is 93.5 Å². The van der Waals surface area contributed by atoms with E-state index in [-0.39, 0.29) is 187 Å². The number of unbranched alkanes of at least 4 members (excludes halogenated alkanes) is 3. The largest absolute Gasteiger partial charge is 0.472 e. The third-order valence-corrected chi connectivity index (χ3v) is 22.9. The number of amides is 4. The number of carbonyl (C=O) groups is 4. The first-order chi connectivity index (χ1) is 51.4. The van der Waals surface area contributed by atoms with Gasteiger partial charge in [-0.05, 0) is 96.3 Å². The van der Waals surface area contributed by atoms with E-state index in [1.807, 2.05) is 0 Å². The van der Waals surface area contributed by atoms with Gasteiger partial charge in [0.25, 0.3) is 0 Å². The summed E-state index contributed by atoms with van der Waals surface area (Å²) in [6, 6.07) is -1.09. The maximum absolute atomic E-state index is 13.1. The van der Waals surface area contributed by atoms with Crippen molar-refractivity contribution < 1.29 is 168 Å². The second-order valence-corrected chi connectivity index (χ2v) is 32.3. The molecule has 39 nitrogen and oxygen atoms in total. The molecule has 0 bridgehead atoms. The molecule has 6 rings (SSSR count). The fourth-order valence-electron chi connectivity index (χ4n) is 13.0. The van der Waals surface area contributed by atoms with Crippen LogP contribution in [-0.2, 0) is 107 Å². The molecular formula is C66H121N4O35P3. The van der Waals surface area contributed by atoms with Gasteiger partial charge in [-0.15, -0.1) is 0 Å². The van der Waals surface area contributed by atoms with Gasteiger partial charge in [-0.2, -0.15) is 0 Å². The third-order valence-electron chi connectivity index (χ3n) is 19.6. The van der Waals surface area contributed by atoms with Crippen LogP contribution in [0.5, 0.6) is 0 Å². The van der Waals surface area contributed by atoms with E-state index in [0.29, 0.717) is 64.7 Å². The minimum absolute atomic E-state index is 0.000753. The Morgan fingerprint density at radius 1 is 0.426 bits per heavy atom. The van der Waals surface area contributed by atoms with Gasteiger partial charge in [-0.1, -0.05) is 13.8 Å². The summed E-state index contributed by atoms with van der Waals surface area (Å²) in [6.45, 7) is 4.05. The fraction of sp³-hybridized carbons (Fsp3) is 0.939. The van der Waals surface area contributed by atoms with Crippen LogP contribution >= 0.6 is 23.5 Å². The summed E-state index contributed by atoms with van der Waals surface area (Å²) in [7, 11) is -12.2. The molecule has 0 aromatic carbocycles. The van der Waals surface area contributed by atoms with Gasteiger partial charge >= 0.3 is 23.5 Å². The summed E-state index contributed by atoms with van der Waals surface area (Å²) in [6.07, 6.45) is -10.1. The van der Waals surface area contributed by atoms with E-state index in [1.165, 1.54) is 14.0 Å². The summed E-state index contributed by atoms with van der Waals surface area (Å²) in [5.41, 5.74) is -1.29. The van der Waals surface area contributed by atoms with Crippen molar-refractivity contribution in [3.63, 3.8) is 0 Å². The topological polar surface area (TPSA) is 532 Å². The van der Waals surface area contributed by atoms with Crippen LogP contribution in [0.1, 0.15) is 136 Å². The Kier molecular flexibility index (Phi) is 42.0. The lowest BCUT2D eigenvalue weighted by Crippen LogP contribution is -2.64. The van der Waals surface area contributed by atoms with E-state index >= 15 is 0 Å². The maximum atomic E-state index is 13.1. The molecule has 0 radical (unpaired) electrons. The first-order valence-electron chi connectivity index (χ1n) is 37.5. The van der Waals surface area contributed by atoms with Crippen molar-refractivity contribution in [2.45, 2.75) is 240 Å². The smallest absolute Gasteiger partial charge is 0.394 e. The molecule has 0 spiro atoms. The minimum Gasteiger partial charge on any atom is -0.394 e. The lowest BCUT2D eigenvalue weighted by atomic mass is 9.92. The highest BCUT2D eigenvalue weighted by Crippen LogP contribution is 2.48. The maximum Gasteiger partial charge on any atom is 0.472 e. The van der Waals surface area contributed by atoms with Gasteiger partial charge in [-0.25, -0.2) is 13.7 Å². The van der Waals surface area contributed by atoms with Crippen molar-refractivity contribution in [2.75, 3.05) is 145 Å². The first-order valence-corrected chi connectivity index (χ1v) is 42.0. The second-order valence-electron chi connectivity index (χ2n) is 28.1. The van der Waals surface area contributed by atoms with Gasteiger partial charge in [0.1, 0.15) is 54.4 Å². The number of piperidine rings is 3. The van der Waals surface area contributed by atoms with E-state index in [4.69, 9.17) is 74.5 Å². The number of phosphoric acid groups is 3. The van der Waals surface area contributed by atoms with Crippen LogP contribution in [0.3, 0.4) is 0 Å². The number of carbonyl (C=O) groups excluding carboxylic acids is 4. The summed E-state index contributed by atoms with van der Waals surface area (Å²) in [4.78, 5) is 87.5. The molecule has 4 amide bonds. The van der Waals surface area contributed by atoms with Crippen LogP contribution in [0.4, 0.5) is 0 Å². The number of hydrogen-bond acceptors (Lipinski definition) is 32. The molecule has 6 fully saturated rings. The number of methoxy groups -OCH3 is 1. The van der Waals surface area contributed by atoms with Crippen LogP contribution in [0.15, 0.2) is 0 Å². The number of aliphatic hydroxyl groups excluding tert-OH is 9. The molecule has 630 valence electrons. The van der Waals surface area contributed by atoms with E-state index < -0.39 is 165 Å². The number of phosphoric ester groups is 3. The Morgan fingerprint density at radius 2 is 0.722 bits per heavy atom. The van der Waals surface area contributed by atoms with Gasteiger partial charge in [-0.3, -0.25) is 46.3 Å². The molecule has 6 aliphatic rings. The van der Waals surface area contributed by atoms with Gasteiger partial charge in [0.2, 0.25) is 23.6 Å². The van der Waals surface area contributed by atoms with Gasteiger partial charge in [0.05, 0.1) is 90.0 Å². The minimum atomic E-state index is -4.56. The summed E-state index contributed by atoms with van der Waals surface area (Å²) in [5, 5.41) is 92.4. The Morgan fingerprint density at radius 3 is 1.02 bits per heavy atom. The molecule has 6 saturated heterocycles. The summed E-state index contributed by atoms with van der Waals surface area (Å²) >= 11 is 0. The van der Waals surface area contributed by atoms with Crippen molar-refractivity contribution in [3.8, 4) is 0 Å². The number of nitrogens with zero attached hydrogens (tertiary/aromatic N) is 3. The van der Waals surface area contributed by atoms with Crippen molar-refractivity contribution in [1.29, 1.82) is 0 Å². The number of rotatable bonds is 50. The van der Waals surface area contributed by atoms with Gasteiger partial charge in [0, 0.05) is 124 Å². The molecule has 18 atom stereocenters. The molecule has 0 saturated carbocycles. The average molecular weight is 1620 g/mol. The molecule has 6 aliphatic heterocycles. The van der Waals surface area contributed by atoms with Gasteiger partial charge < -0.3 is 128 Å². The Labute approximate surface area is 630 Å². The zero-order chi connectivity index (χ0) is 79.0. The zero-order valence-electron chi connectivity index (χ0n) is 62.4. The number of aliphatic hydroxyl groups is 9. The van der Waals surface area contributed by atoms with E-state index in [2.05, 4.69) is 5.32 Å². The summed E-state index contributed by atoms with van der Waals surface area (Å²) in [5.74, 6) is -1.92. The van der Waals surface area contributed by atoms with E-state index in [1.54, 1.807) is 28.5 Å². The molecule has 9 unspecified atom stereocenters. The highest BCUT2D eigenvalue weighted by molar-refractivity contribution is 7.48. The molecule has 108 heavy (non-hydrogen) atoms. The van der Waals surface area contributed by atoms with Crippen LogP contribution in [0.2, 0.25) is 0 Å². The van der Waals surface area contributed by atoms with Crippen LogP contribution in [0, 0.1) is 11.8 Å². The number of hydrogen-bond donors (Lipinski definition) is 13. The van der Waals surface area contributed by atoms with Crippen molar-refractivity contribution in [1.82, 2.24) is 20.0 Å². The first kappa shape index (κ1) is 94.3. The monoisotopic (exact) mass is 1620 g/mol. The second kappa shape index (κ2) is 48.1. The highest BCUT2D eigenvalue weighted by atomic mass is 31.2. The van der Waals surface area contributed by atoms with Crippen molar-refractivity contribution in [2.24, 2.45) is 11.8 Å². The average Bonchev–Trinajstić information content (AvgIpc) is 0.800. The van der Waals surface area contributed by atoms with Crippen LogP contribution in [-0.4, -0.2) is 348 Å². The van der Waals surface area contributed by atoms with Gasteiger partial charge in [0.15, 0.2) is 18.9 Å². The Bertz CT molecular complexity index is 2640. The Hall–Kier alpha value is -2.55. The third kappa shape index (κ3) is 31.9. The zero-order valence-corrected chi connectivity index (χ0v) is 65.1. The molecule has 13 N–H and O–H groups in total. The number of ether oxygens (including phenoxy) is 10. The molecule has 0 aromatic heterocycles. The number of nitrogens with one attached hydrogen (secondary N) is 1. The lowest BCUT2D eigenvalue weighted by Gasteiger charge is -2.42. The van der Waals surface area contributed by atoms with E-state index in [0.717, 1.165) is 0 Å². The highest BCUT2D eigenvalue weighted by Gasteiger charge is 2.47. The molecule has 6 heterocycles.